The summed E-state index contributed by atoms with van der Waals surface area (Å²) in [5, 5.41) is 3.33. The number of hydrogen-bond acceptors (Lipinski definition) is 3. The van der Waals surface area contributed by atoms with E-state index < -0.39 is 5.41 Å². The van der Waals surface area contributed by atoms with Crippen molar-refractivity contribution in [1.82, 2.24) is 9.80 Å². The molecule has 2 aromatic carbocycles. The number of nitrogens with one attached hydrogen (secondary N) is 1. The molecule has 28 heavy (non-hydrogen) atoms. The van der Waals surface area contributed by atoms with Gasteiger partial charge in [-0.1, -0.05) is 54.1 Å². The van der Waals surface area contributed by atoms with Gasteiger partial charge in [0.1, 0.15) is 5.41 Å². The van der Waals surface area contributed by atoms with Gasteiger partial charge >= 0.3 is 0 Å². The van der Waals surface area contributed by atoms with Gasteiger partial charge in [0.05, 0.1) is 10.7 Å². The Morgan fingerprint density at radius 1 is 0.929 bits per heavy atom. The highest BCUT2D eigenvalue weighted by Crippen LogP contribution is 2.48. The van der Waals surface area contributed by atoms with Crippen LogP contribution in [0.4, 0.5) is 5.69 Å². The third-order valence-corrected chi connectivity index (χ3v) is 5.95. The molecule has 5 nitrogen and oxygen atoms in total. The second kappa shape index (κ2) is 7.94. The fourth-order valence-corrected chi connectivity index (χ4v) is 3.90. The van der Waals surface area contributed by atoms with E-state index in [1.54, 1.807) is 12.1 Å². The molecular weight excluding hydrogens is 374 g/mol. The SMILES string of the molecule is O=C(Nc1ccccc1Cl)C1(C(=O)N2CCN(Cc3ccccc3)CC2)CC1. The first-order valence-corrected chi connectivity index (χ1v) is 10.1. The minimum Gasteiger partial charge on any atom is -0.339 e. The molecule has 0 radical (unpaired) electrons. The molecule has 1 saturated carbocycles. The number of halogens is 1. The van der Waals surface area contributed by atoms with Gasteiger partial charge in [0.15, 0.2) is 0 Å². The lowest BCUT2D eigenvalue weighted by atomic mass is 10.0. The van der Waals surface area contributed by atoms with Gasteiger partial charge in [0, 0.05) is 32.7 Å². The number of amides is 2. The van der Waals surface area contributed by atoms with Crippen molar-refractivity contribution in [2.45, 2.75) is 19.4 Å². The van der Waals surface area contributed by atoms with Crippen molar-refractivity contribution in [3.8, 4) is 0 Å². The maximum absolute atomic E-state index is 13.1. The Morgan fingerprint density at radius 2 is 1.57 bits per heavy atom. The summed E-state index contributed by atoms with van der Waals surface area (Å²) in [6, 6.07) is 17.5. The maximum Gasteiger partial charge on any atom is 0.240 e. The smallest absolute Gasteiger partial charge is 0.240 e. The molecule has 6 heteroatoms. The van der Waals surface area contributed by atoms with E-state index in [9.17, 15) is 9.59 Å². The summed E-state index contributed by atoms with van der Waals surface area (Å²) in [6.07, 6.45) is 1.21. The topological polar surface area (TPSA) is 52.7 Å². The van der Waals surface area contributed by atoms with Crippen LogP contribution in [0.1, 0.15) is 18.4 Å². The van der Waals surface area contributed by atoms with Crippen LogP contribution in [-0.4, -0.2) is 47.8 Å². The van der Waals surface area contributed by atoms with Gasteiger partial charge in [-0.3, -0.25) is 14.5 Å². The molecule has 146 valence electrons. The Labute approximate surface area is 170 Å². The quantitative estimate of drug-likeness (QED) is 0.787. The number of piperazine rings is 1. The largest absolute Gasteiger partial charge is 0.339 e. The Kier molecular flexibility index (Phi) is 5.38. The van der Waals surface area contributed by atoms with Crippen LogP contribution in [0.2, 0.25) is 5.02 Å². The second-order valence-corrected chi connectivity index (χ2v) is 7.98. The summed E-state index contributed by atoms with van der Waals surface area (Å²) in [7, 11) is 0. The van der Waals surface area contributed by atoms with E-state index in [1.165, 1.54) is 5.56 Å². The summed E-state index contributed by atoms with van der Waals surface area (Å²) in [5.41, 5.74) is 0.918. The number of benzene rings is 2. The number of rotatable bonds is 5. The Morgan fingerprint density at radius 3 is 2.21 bits per heavy atom. The maximum atomic E-state index is 13.1. The average Bonchev–Trinajstić information content (AvgIpc) is 3.53. The monoisotopic (exact) mass is 397 g/mol. The molecule has 0 bridgehead atoms. The third-order valence-electron chi connectivity index (χ3n) is 5.62. The van der Waals surface area contributed by atoms with Gasteiger partial charge in [0.2, 0.25) is 11.8 Å². The minimum absolute atomic E-state index is 0.0450. The number of anilines is 1. The molecule has 0 unspecified atom stereocenters. The van der Waals surface area contributed by atoms with Gasteiger partial charge in [-0.15, -0.1) is 0 Å². The normalized spacial score (nSPS) is 18.5. The molecule has 2 fully saturated rings. The first kappa shape index (κ1) is 19.0. The van der Waals surface area contributed by atoms with Crippen molar-refractivity contribution in [1.29, 1.82) is 0 Å². The number of carbonyl (C=O) groups excluding carboxylic acids is 2. The molecule has 1 aliphatic carbocycles. The molecule has 2 amide bonds. The molecule has 0 spiro atoms. The molecule has 1 aliphatic heterocycles. The lowest BCUT2D eigenvalue weighted by molar-refractivity contribution is -0.143. The summed E-state index contributed by atoms with van der Waals surface area (Å²) in [5.74, 6) is -0.284. The van der Waals surface area contributed by atoms with Crippen LogP contribution in [0.3, 0.4) is 0 Å². The predicted molar refractivity (Wildman–Crippen MR) is 110 cm³/mol. The Balaban J connectivity index is 1.34. The lowest BCUT2D eigenvalue weighted by Gasteiger charge is -2.36. The van der Waals surface area contributed by atoms with Gasteiger partial charge in [-0.05, 0) is 30.5 Å². The third kappa shape index (κ3) is 3.91. The zero-order chi connectivity index (χ0) is 19.6. The number of carbonyl (C=O) groups is 2. The molecule has 4 rings (SSSR count). The molecule has 1 saturated heterocycles. The summed E-state index contributed by atoms with van der Waals surface area (Å²) >= 11 is 6.13. The van der Waals surface area contributed by atoms with E-state index in [-0.39, 0.29) is 11.8 Å². The van der Waals surface area contributed by atoms with Gasteiger partial charge in [-0.2, -0.15) is 0 Å². The van der Waals surface area contributed by atoms with Crippen molar-refractivity contribution in [2.75, 3.05) is 31.5 Å². The van der Waals surface area contributed by atoms with Crippen LogP contribution in [0.5, 0.6) is 0 Å². The van der Waals surface area contributed by atoms with Gasteiger partial charge in [-0.25, -0.2) is 0 Å². The Bertz CT molecular complexity index is 859. The molecule has 0 atom stereocenters. The van der Waals surface area contributed by atoms with E-state index in [2.05, 4.69) is 22.3 Å². The molecule has 0 aromatic heterocycles. The first-order chi connectivity index (χ1) is 13.6. The van der Waals surface area contributed by atoms with Crippen molar-refractivity contribution in [3.05, 3.63) is 65.2 Å². The van der Waals surface area contributed by atoms with E-state index >= 15 is 0 Å². The van der Waals surface area contributed by atoms with E-state index in [1.807, 2.05) is 35.2 Å². The average molecular weight is 398 g/mol. The zero-order valence-electron chi connectivity index (χ0n) is 15.7. The Hall–Kier alpha value is -2.37. The highest BCUT2D eigenvalue weighted by Gasteiger charge is 2.58. The summed E-state index contributed by atoms with van der Waals surface area (Å²) in [6.45, 7) is 3.85. The second-order valence-electron chi connectivity index (χ2n) is 7.57. The number of nitrogens with zero attached hydrogens (tertiary/aromatic N) is 2. The van der Waals surface area contributed by atoms with Gasteiger partial charge in [0.25, 0.3) is 0 Å². The van der Waals surface area contributed by atoms with E-state index in [4.69, 9.17) is 11.6 Å². The van der Waals surface area contributed by atoms with Crippen LogP contribution in [0, 0.1) is 5.41 Å². The standard InChI is InChI=1S/C22H24ClN3O2/c23-18-8-4-5-9-19(18)24-20(27)22(10-11-22)21(28)26-14-12-25(13-15-26)16-17-6-2-1-3-7-17/h1-9H,10-16H2,(H,24,27). The van der Waals surface area contributed by atoms with Crippen LogP contribution in [-0.2, 0) is 16.1 Å². The molecule has 2 aliphatic rings. The van der Waals surface area contributed by atoms with Crippen LogP contribution in [0.15, 0.2) is 54.6 Å². The summed E-state index contributed by atoms with van der Waals surface area (Å²) < 4.78 is 0. The first-order valence-electron chi connectivity index (χ1n) is 9.70. The van der Waals surface area contributed by atoms with Crippen molar-refractivity contribution >= 4 is 29.1 Å². The summed E-state index contributed by atoms with van der Waals surface area (Å²) in [4.78, 5) is 30.1. The van der Waals surface area contributed by atoms with Gasteiger partial charge < -0.3 is 10.2 Å². The molecular formula is C22H24ClN3O2. The van der Waals surface area contributed by atoms with E-state index in [0.29, 0.717) is 36.6 Å². The highest BCUT2D eigenvalue weighted by atomic mass is 35.5. The fourth-order valence-electron chi connectivity index (χ4n) is 3.72. The predicted octanol–water partition coefficient (Wildman–Crippen LogP) is 3.40. The van der Waals surface area contributed by atoms with Crippen molar-refractivity contribution in [3.63, 3.8) is 0 Å². The van der Waals surface area contributed by atoms with Crippen LogP contribution >= 0.6 is 11.6 Å². The van der Waals surface area contributed by atoms with E-state index in [0.717, 1.165) is 19.6 Å². The van der Waals surface area contributed by atoms with Crippen molar-refractivity contribution < 1.29 is 9.59 Å². The minimum atomic E-state index is -0.916. The fraction of sp³-hybridized carbons (Fsp3) is 0.364. The number of para-hydroxylation sites is 1. The molecule has 1 N–H and O–H groups in total. The van der Waals surface area contributed by atoms with Crippen molar-refractivity contribution in [2.24, 2.45) is 5.41 Å². The van der Waals surface area contributed by atoms with Crippen LogP contribution in [0.25, 0.3) is 0 Å². The van der Waals surface area contributed by atoms with Crippen LogP contribution < -0.4 is 5.32 Å². The highest BCUT2D eigenvalue weighted by molar-refractivity contribution is 6.34. The number of hydrogen-bond donors (Lipinski definition) is 1. The molecule has 1 heterocycles. The zero-order valence-corrected chi connectivity index (χ0v) is 16.5. The molecule has 2 aromatic rings. The lowest BCUT2D eigenvalue weighted by Crippen LogP contribution is -2.52.